The van der Waals surface area contributed by atoms with E-state index in [-0.39, 0.29) is 30.0 Å². The van der Waals surface area contributed by atoms with Crippen LogP contribution in [0.15, 0.2) is 18.2 Å². The fourth-order valence-electron chi connectivity index (χ4n) is 3.56. The molecule has 25 heavy (non-hydrogen) atoms. The van der Waals surface area contributed by atoms with Gasteiger partial charge in [0.25, 0.3) is 0 Å². The second-order valence-electron chi connectivity index (χ2n) is 6.79. The minimum Gasteiger partial charge on any atom is -0.342 e. The quantitative estimate of drug-likeness (QED) is 0.905. The van der Waals surface area contributed by atoms with Crippen LogP contribution in [-0.2, 0) is 9.59 Å². The number of hydrogen-bond acceptors (Lipinski definition) is 3. The highest BCUT2D eigenvalue weighted by molar-refractivity contribution is 5.92. The lowest BCUT2D eigenvalue weighted by atomic mass is 9.95. The van der Waals surface area contributed by atoms with E-state index in [1.165, 1.54) is 0 Å². The fourth-order valence-corrected chi connectivity index (χ4v) is 3.56. The van der Waals surface area contributed by atoms with Crippen molar-refractivity contribution in [1.29, 1.82) is 0 Å². The first-order valence-electron chi connectivity index (χ1n) is 8.78. The van der Waals surface area contributed by atoms with E-state index >= 15 is 0 Å². The van der Waals surface area contributed by atoms with Crippen LogP contribution < -0.4 is 5.32 Å². The number of nitrogens with one attached hydrogen (secondary N) is 1. The van der Waals surface area contributed by atoms with Crippen LogP contribution in [0.1, 0.15) is 25.7 Å². The summed E-state index contributed by atoms with van der Waals surface area (Å²) in [6, 6.07) is 2.93. The van der Waals surface area contributed by atoms with E-state index in [1.807, 2.05) is 9.80 Å². The molecular weight excluding hydrogens is 328 g/mol. The highest BCUT2D eigenvalue weighted by atomic mass is 19.1. The average molecular weight is 351 g/mol. The third-order valence-corrected chi connectivity index (χ3v) is 4.87. The largest absolute Gasteiger partial charge is 0.342 e. The molecule has 1 aromatic carbocycles. The highest BCUT2D eigenvalue weighted by Gasteiger charge is 2.30. The number of anilines is 1. The molecule has 0 aliphatic carbocycles. The average Bonchev–Trinajstić information content (AvgIpc) is 3.08. The van der Waals surface area contributed by atoms with Gasteiger partial charge in [-0.15, -0.1) is 0 Å². The second kappa shape index (κ2) is 7.91. The molecule has 0 bridgehead atoms. The van der Waals surface area contributed by atoms with Gasteiger partial charge in [0.05, 0.1) is 6.54 Å². The number of likely N-dealkylation sites (tertiary alicyclic amines) is 2. The van der Waals surface area contributed by atoms with Gasteiger partial charge in [-0.1, -0.05) is 0 Å². The molecule has 0 atom stereocenters. The molecule has 0 aromatic heterocycles. The summed E-state index contributed by atoms with van der Waals surface area (Å²) >= 11 is 0. The van der Waals surface area contributed by atoms with Crippen LogP contribution >= 0.6 is 0 Å². The van der Waals surface area contributed by atoms with Crippen molar-refractivity contribution in [3.63, 3.8) is 0 Å². The van der Waals surface area contributed by atoms with E-state index in [9.17, 15) is 18.4 Å². The van der Waals surface area contributed by atoms with Crippen molar-refractivity contribution in [2.75, 3.05) is 38.0 Å². The lowest BCUT2D eigenvalue weighted by Gasteiger charge is -2.32. The van der Waals surface area contributed by atoms with Gasteiger partial charge in [-0.3, -0.25) is 14.5 Å². The molecule has 1 N–H and O–H groups in total. The minimum atomic E-state index is -0.725. The zero-order chi connectivity index (χ0) is 17.8. The molecule has 0 radical (unpaired) electrons. The van der Waals surface area contributed by atoms with Crippen LogP contribution in [0, 0.1) is 17.6 Å². The Morgan fingerprint density at radius 1 is 1.00 bits per heavy atom. The lowest BCUT2D eigenvalue weighted by Crippen LogP contribution is -2.43. The van der Waals surface area contributed by atoms with Crippen LogP contribution in [0.4, 0.5) is 14.5 Å². The molecule has 2 fully saturated rings. The van der Waals surface area contributed by atoms with E-state index in [4.69, 9.17) is 0 Å². The van der Waals surface area contributed by atoms with Gasteiger partial charge in [-0.2, -0.15) is 0 Å². The molecule has 2 heterocycles. The van der Waals surface area contributed by atoms with Crippen LogP contribution in [0.5, 0.6) is 0 Å². The molecular formula is C18H23F2N3O2. The molecule has 7 heteroatoms. The third kappa shape index (κ3) is 4.75. The molecule has 0 unspecified atom stereocenters. The maximum Gasteiger partial charge on any atom is 0.238 e. The first kappa shape index (κ1) is 17.8. The van der Waals surface area contributed by atoms with Crippen LogP contribution in [0.25, 0.3) is 0 Å². The predicted molar refractivity (Wildman–Crippen MR) is 90.0 cm³/mol. The highest BCUT2D eigenvalue weighted by Crippen LogP contribution is 2.22. The van der Waals surface area contributed by atoms with Gasteiger partial charge < -0.3 is 10.2 Å². The zero-order valence-electron chi connectivity index (χ0n) is 14.1. The smallest absolute Gasteiger partial charge is 0.238 e. The SMILES string of the molecule is O=C(CN1CCC(C(=O)N2CCCC2)CC1)Nc1cc(F)cc(F)c1. The number of amides is 2. The normalized spacial score (nSPS) is 19.2. The molecule has 136 valence electrons. The number of benzene rings is 1. The zero-order valence-corrected chi connectivity index (χ0v) is 14.1. The van der Waals surface area contributed by atoms with Crippen LogP contribution in [0.3, 0.4) is 0 Å². The summed E-state index contributed by atoms with van der Waals surface area (Å²) in [6.07, 6.45) is 3.67. The first-order valence-corrected chi connectivity index (χ1v) is 8.78. The Balaban J connectivity index is 1.45. The molecule has 3 rings (SSSR count). The van der Waals surface area contributed by atoms with E-state index < -0.39 is 11.6 Å². The van der Waals surface area contributed by atoms with Gasteiger partial charge in [0.1, 0.15) is 11.6 Å². The standard InChI is InChI=1S/C18H23F2N3O2/c19-14-9-15(20)11-16(10-14)21-17(24)12-22-7-3-13(4-8-22)18(25)23-5-1-2-6-23/h9-11,13H,1-8,12H2,(H,21,24). The Hall–Kier alpha value is -2.02. The van der Waals surface area contributed by atoms with Gasteiger partial charge in [0, 0.05) is 30.8 Å². The minimum absolute atomic E-state index is 0.0507. The number of rotatable bonds is 4. The van der Waals surface area contributed by atoms with E-state index in [2.05, 4.69) is 5.32 Å². The number of carbonyl (C=O) groups is 2. The Morgan fingerprint density at radius 3 is 2.20 bits per heavy atom. The monoisotopic (exact) mass is 351 g/mol. The van der Waals surface area contributed by atoms with Crippen molar-refractivity contribution >= 4 is 17.5 Å². The molecule has 2 amide bonds. The van der Waals surface area contributed by atoms with E-state index in [1.54, 1.807) is 0 Å². The van der Waals surface area contributed by atoms with Crippen molar-refractivity contribution in [1.82, 2.24) is 9.80 Å². The van der Waals surface area contributed by atoms with Gasteiger partial charge in [-0.05, 0) is 50.9 Å². The third-order valence-electron chi connectivity index (χ3n) is 4.87. The molecule has 0 spiro atoms. The number of carbonyl (C=O) groups excluding carboxylic acids is 2. The summed E-state index contributed by atoms with van der Waals surface area (Å²) in [6.45, 7) is 3.24. The number of halogens is 2. The molecule has 2 aliphatic rings. The van der Waals surface area contributed by atoms with Crippen molar-refractivity contribution in [3.8, 4) is 0 Å². The summed E-state index contributed by atoms with van der Waals surface area (Å²) in [5.74, 6) is -1.46. The Bertz CT molecular complexity index is 619. The molecule has 1 aromatic rings. The van der Waals surface area contributed by atoms with E-state index in [0.717, 1.165) is 57.0 Å². The number of hydrogen-bond donors (Lipinski definition) is 1. The van der Waals surface area contributed by atoms with Crippen molar-refractivity contribution in [3.05, 3.63) is 29.8 Å². The number of piperidine rings is 1. The van der Waals surface area contributed by atoms with Gasteiger partial charge >= 0.3 is 0 Å². The molecule has 0 saturated carbocycles. The molecule has 2 saturated heterocycles. The second-order valence-corrected chi connectivity index (χ2v) is 6.79. The summed E-state index contributed by atoms with van der Waals surface area (Å²) in [7, 11) is 0. The predicted octanol–water partition coefficient (Wildman–Crippen LogP) is 2.24. The van der Waals surface area contributed by atoms with E-state index in [0.29, 0.717) is 13.1 Å². The van der Waals surface area contributed by atoms with Crippen molar-refractivity contribution < 1.29 is 18.4 Å². The van der Waals surface area contributed by atoms with Crippen molar-refractivity contribution in [2.24, 2.45) is 5.92 Å². The van der Waals surface area contributed by atoms with Gasteiger partial charge in [0.2, 0.25) is 11.8 Å². The van der Waals surface area contributed by atoms with Gasteiger partial charge in [-0.25, -0.2) is 8.78 Å². The Kier molecular flexibility index (Phi) is 5.63. The maximum absolute atomic E-state index is 13.1. The Morgan fingerprint density at radius 2 is 1.60 bits per heavy atom. The summed E-state index contributed by atoms with van der Waals surface area (Å²) in [5.41, 5.74) is 0.113. The first-order chi connectivity index (χ1) is 12.0. The summed E-state index contributed by atoms with van der Waals surface area (Å²) in [4.78, 5) is 28.4. The van der Waals surface area contributed by atoms with Crippen LogP contribution in [-0.4, -0.2) is 54.3 Å². The fraction of sp³-hybridized carbons (Fsp3) is 0.556. The number of nitrogens with zero attached hydrogens (tertiary/aromatic N) is 2. The van der Waals surface area contributed by atoms with Crippen molar-refractivity contribution in [2.45, 2.75) is 25.7 Å². The topological polar surface area (TPSA) is 52.7 Å². The van der Waals surface area contributed by atoms with Crippen LogP contribution in [0.2, 0.25) is 0 Å². The molecule has 2 aliphatic heterocycles. The lowest BCUT2D eigenvalue weighted by molar-refractivity contribution is -0.136. The summed E-state index contributed by atoms with van der Waals surface area (Å²) in [5, 5.41) is 2.51. The Labute approximate surface area is 146 Å². The summed E-state index contributed by atoms with van der Waals surface area (Å²) < 4.78 is 26.3. The maximum atomic E-state index is 13.1. The molecule has 5 nitrogen and oxygen atoms in total. The van der Waals surface area contributed by atoms with Gasteiger partial charge in [0.15, 0.2) is 0 Å².